The average molecular weight is 1840 g/mol. The van der Waals surface area contributed by atoms with E-state index < -0.39 is 156 Å². The van der Waals surface area contributed by atoms with Gasteiger partial charge in [0.1, 0.15) is 47.0 Å². The van der Waals surface area contributed by atoms with Crippen LogP contribution in [0.5, 0.6) is 5.75 Å². The fraction of sp³-hybridized carbons (Fsp3) is 0.403. The number of carboxylic acid groups (broad SMARTS) is 2. The molecule has 0 saturated heterocycles. The molecule has 4 aliphatic heterocycles. The number of nitrogens with one attached hydrogen (secondary N) is 3. The largest absolute Gasteiger partial charge is 1.00 e. The third-order valence-electron chi connectivity index (χ3n) is 18.9. The first-order valence-corrected chi connectivity index (χ1v) is 42.5. The number of amides is 2. The Bertz CT molecular complexity index is 5690. The molecule has 114 heavy (non-hydrogen) atoms. The van der Waals surface area contributed by atoms with Crippen LogP contribution in [0.2, 0.25) is 0 Å². The summed E-state index contributed by atoms with van der Waals surface area (Å²) in [7, 11) is -26.8. The van der Waals surface area contributed by atoms with E-state index in [-0.39, 0.29) is 161 Å². The number of unbranched alkanes of at least 4 members (excludes halogenated alkanes) is 4. The van der Waals surface area contributed by atoms with E-state index in [1.54, 1.807) is 57.2 Å². The number of allylic oxidation sites excluding steroid dienone is 6. The summed E-state index contributed by atoms with van der Waals surface area (Å²) in [6, 6.07) is 15.2. The third kappa shape index (κ3) is 23.6. The number of hydrogen-bond acceptors (Lipinski definition) is 27. The Kier molecular flexibility index (Phi) is 34.8. The molecule has 0 saturated carbocycles. The van der Waals surface area contributed by atoms with Crippen molar-refractivity contribution in [2.45, 2.75) is 177 Å². The standard InChI is InChI=1S/C35H39N3O13S3.C18H18N2O9S2.C11H13NO3S.C6H12O2.2CH4.HI.2Na.H2/c1-34(2)24-15-20(53(46,47)48)10-12-26(24)37(14-8-6-7-9-31(40)41)28(34)17-22-32(42)23(33(22)43)18-29-35(3,4)25-16-21(54(49,50)51)11-13-27(25)38(29)19-30(39)36-52(5,44)45;1-18(2)11-6-9(31(27,28)29)4-5-12(11)20(8-14(21)19-30(3,25)26)13(18)7-10-15(22)17(24)16(10)23;1-7-11(2,3)9-6-8(16(13,14)15)4-5-10(9)12-7;1-2-3-4-5-6(7)8;;;;;;/h10-13,15-18H,6-9,14,19H2,1-5H3,(H4-,36,39,40,41,42,43,46,47,48,49,50,51);4-7,22H,8H2,1-3H3,(H,19,21)(H,27,28,29);4-6H,1-3H3,(H,13,14,15);2-5H2,1H3,(H,7,8);2*1H4;1H;;;1H/q;;;;;;;2*+1;/p-3/b;13-7-;;;;;;;;/i;;;;;;;;;1+1. The number of hydrogen-bond donors (Lipinski definition) is 6. The molecule has 0 bridgehead atoms. The molecule has 0 atom stereocenters. The molecular formula is C72H90IN6Na2O27S6-. The third-order valence-corrected chi connectivity index (χ3v) is 23.4. The maximum atomic E-state index is 13.8. The predicted octanol–water partition coefficient (Wildman–Crippen LogP) is -1.65. The van der Waals surface area contributed by atoms with Gasteiger partial charge in [0, 0.05) is 102 Å². The minimum atomic E-state index is -4.91. The molecule has 0 spiro atoms. The van der Waals surface area contributed by atoms with Gasteiger partial charge < -0.3 is 48.4 Å². The number of carbonyl (C=O) groups is 5. The van der Waals surface area contributed by atoms with E-state index in [2.05, 4.69) is 11.9 Å². The van der Waals surface area contributed by atoms with Crippen molar-refractivity contribution in [3.8, 4) is 5.75 Å². The summed E-state index contributed by atoms with van der Waals surface area (Å²) >= 11 is 0. The van der Waals surface area contributed by atoms with Crippen molar-refractivity contribution in [2.75, 3.05) is 41.9 Å². The van der Waals surface area contributed by atoms with Crippen molar-refractivity contribution in [1.29, 1.82) is 0 Å². The summed E-state index contributed by atoms with van der Waals surface area (Å²) in [6.07, 6.45) is 10.0. The maximum Gasteiger partial charge on any atom is 1.00 e. The number of benzene rings is 4. The van der Waals surface area contributed by atoms with Crippen LogP contribution in [0.15, 0.2) is 142 Å². The van der Waals surface area contributed by atoms with Crippen LogP contribution in [0.25, 0.3) is 6.08 Å². The van der Waals surface area contributed by atoms with Gasteiger partial charge in [-0.3, -0.25) is 38.3 Å². The minimum absolute atomic E-state index is 0. The van der Waals surface area contributed by atoms with Crippen molar-refractivity contribution >= 4 is 154 Å². The van der Waals surface area contributed by atoms with Crippen LogP contribution in [0.1, 0.15) is 165 Å². The predicted molar refractivity (Wildman–Crippen MR) is 420 cm³/mol. The number of carboxylic acids is 2. The van der Waals surface area contributed by atoms with E-state index in [4.69, 9.17) is 10.2 Å². The second-order valence-corrected chi connectivity index (χ2v) is 37.3. The number of ketones is 1. The fourth-order valence-electron chi connectivity index (χ4n) is 12.9. The number of aromatic hydroxyl groups is 1. The molecule has 10 rings (SSSR count). The normalized spacial score (nSPS) is 17.0. The summed E-state index contributed by atoms with van der Waals surface area (Å²) in [5.74, 6) is -5.66. The molecule has 6 N–H and O–H groups in total. The number of nitrogens with zero attached hydrogens (tertiary/aromatic N) is 3. The van der Waals surface area contributed by atoms with Gasteiger partial charge in [-0.25, -0.2) is 60.2 Å². The second-order valence-electron chi connectivity index (χ2n) is 28.3. The van der Waals surface area contributed by atoms with Gasteiger partial charge in [-0.1, -0.05) is 74.5 Å². The van der Waals surface area contributed by atoms with Gasteiger partial charge in [0.05, 0.1) is 48.5 Å². The van der Waals surface area contributed by atoms with Crippen LogP contribution >= 0.6 is 24.0 Å². The van der Waals surface area contributed by atoms with Gasteiger partial charge in [-0.15, -0.1) is 24.0 Å². The van der Waals surface area contributed by atoms with Crippen LogP contribution in [-0.4, -0.2) is 162 Å². The summed E-state index contributed by atoms with van der Waals surface area (Å²) in [4.78, 5) is 87.5. The van der Waals surface area contributed by atoms with Gasteiger partial charge in [-0.2, -0.15) is 4.58 Å². The molecule has 5 aliphatic rings. The van der Waals surface area contributed by atoms with E-state index in [9.17, 15) is 112 Å². The number of anilines is 2. The van der Waals surface area contributed by atoms with Crippen molar-refractivity contribution in [2.24, 2.45) is 0 Å². The smallest absolute Gasteiger partial charge is 0.871 e. The Labute approximate surface area is 725 Å². The van der Waals surface area contributed by atoms with Crippen molar-refractivity contribution in [3.63, 3.8) is 0 Å². The van der Waals surface area contributed by atoms with E-state index >= 15 is 0 Å². The van der Waals surface area contributed by atoms with Crippen LogP contribution < -0.4 is 99.3 Å². The quantitative estimate of drug-likeness (QED) is 0.00812. The monoisotopic (exact) mass is 1840 g/mol. The molecule has 0 aromatic heterocycles. The summed E-state index contributed by atoms with van der Waals surface area (Å²) in [5, 5.41) is 40.7. The van der Waals surface area contributed by atoms with Gasteiger partial charge >= 0.3 is 71.1 Å². The molecule has 0 unspecified atom stereocenters. The Balaban J connectivity index is 0.000000909. The van der Waals surface area contributed by atoms with E-state index in [0.29, 0.717) is 54.7 Å². The molecule has 1 aliphatic carbocycles. The molecule has 5 aromatic rings. The molecule has 0 fully saturated rings. The fourth-order valence-corrected chi connectivity index (χ4v) is 15.9. The van der Waals surface area contributed by atoms with E-state index in [0.717, 1.165) is 73.0 Å². The SMILES string of the molecule is C.C.CC1(C)/C(=C/c2c(O)c(=O)c2=O)N(CC(=O)NS(C)(=O)=O)c2ccc(S(=O)(=O)[O-])cc21.CC1(C)C(C=C2C(=O)C(/C=C3/N(CCCCCC(=O)O)c4ccc(S(=O)(=O)[O-])cc4C3(C)C)=C2[O-])=[N+](CC(=O)NS(C)(=O)=O)c2ccc(S(=O)(=O)[O-])cc21.CC1=[NH+]c2ccc(S(=O)(=O)[O-])cc2C1(C)C.CCCCCC(=O)O.I.[2HH].[Na+].[Na+]. The van der Waals surface area contributed by atoms with E-state index in [1.807, 2.05) is 25.5 Å². The Morgan fingerprint density at radius 3 is 1.41 bits per heavy atom. The molecule has 5 aromatic carbocycles. The first kappa shape index (κ1) is 103. The van der Waals surface area contributed by atoms with Gasteiger partial charge in [0.25, 0.3) is 17.2 Å². The first-order valence-electron chi connectivity index (χ1n) is 33.1. The van der Waals surface area contributed by atoms with Gasteiger partial charge in [0.2, 0.25) is 43.4 Å². The summed E-state index contributed by atoms with van der Waals surface area (Å²) in [6.45, 7) is 17.0. The van der Waals surface area contributed by atoms with Crippen molar-refractivity contribution < 1.29 is 183 Å². The zero-order valence-corrected chi connectivity index (χ0v) is 74.5. The molecule has 0 radical (unpaired) electrons. The Morgan fingerprint density at radius 2 is 0.974 bits per heavy atom. The molecule has 33 nitrogen and oxygen atoms in total. The van der Waals surface area contributed by atoms with E-state index in [1.165, 1.54) is 70.2 Å². The van der Waals surface area contributed by atoms with Crippen molar-refractivity contribution in [3.05, 3.63) is 162 Å². The zero-order valence-electron chi connectivity index (χ0n) is 63.3. The van der Waals surface area contributed by atoms with Crippen LogP contribution in [0.4, 0.5) is 22.7 Å². The maximum absolute atomic E-state index is 13.8. The van der Waals surface area contributed by atoms with Crippen molar-refractivity contribution in [1.82, 2.24) is 9.44 Å². The first-order chi connectivity index (χ1) is 49.8. The average Bonchev–Trinajstić information content (AvgIpc) is 1.59. The molecule has 42 heteroatoms. The van der Waals surface area contributed by atoms with Gasteiger partial charge in [-0.05, 0) is 131 Å². The number of aliphatic carboxylic acids is 2. The molecule has 2 amide bonds. The Morgan fingerprint density at radius 1 is 0.553 bits per heavy atom. The van der Waals surface area contributed by atoms with Crippen LogP contribution in [-0.2, 0) is 106 Å². The van der Waals surface area contributed by atoms with Crippen LogP contribution in [0.3, 0.4) is 0 Å². The van der Waals surface area contributed by atoms with Crippen LogP contribution in [0, 0.1) is 0 Å². The Hall–Kier alpha value is -6.72. The molecule has 4 heterocycles. The number of Topliss-reactive ketones (excluding diaryl/α,β-unsaturated/α-hetero) is 1. The molecule has 616 valence electrons. The topological polar surface area (TPSA) is 548 Å². The van der Waals surface area contributed by atoms with Gasteiger partial charge in [0.15, 0.2) is 23.0 Å². The minimum Gasteiger partial charge on any atom is -0.871 e. The number of rotatable bonds is 23. The molecular weight excluding hydrogens is 1750 g/mol. The second kappa shape index (κ2) is 38.3. The number of carbonyl (C=O) groups excluding carboxylic acids is 3. The summed E-state index contributed by atoms with van der Waals surface area (Å²) in [5.41, 5.74) is -0.761. The number of fused-ring (bicyclic) bond motifs is 4. The number of halogens is 1. The number of sulfonamides is 2. The summed E-state index contributed by atoms with van der Waals surface area (Å²) < 4.78 is 190. The zero-order chi connectivity index (χ0) is 82.4.